The molecular formula is C28H25O3P. The van der Waals surface area contributed by atoms with Gasteiger partial charge in [-0.05, 0) is 70.5 Å². The third-order valence-electron chi connectivity index (χ3n) is 6.34. The number of benzene rings is 3. The number of rotatable bonds is 4. The largest absolute Gasteiger partial charge is 0.496 e. The summed E-state index contributed by atoms with van der Waals surface area (Å²) in [6.45, 7) is 0. The summed E-state index contributed by atoms with van der Waals surface area (Å²) >= 11 is 0. The average Bonchev–Trinajstić information content (AvgIpc) is 2.85. The zero-order valence-corrected chi connectivity index (χ0v) is 19.5. The van der Waals surface area contributed by atoms with Crippen LogP contribution in [0.25, 0.3) is 22.5 Å². The van der Waals surface area contributed by atoms with Crippen LogP contribution in [0.15, 0.2) is 54.6 Å². The van der Waals surface area contributed by atoms with Crippen LogP contribution in [-0.2, 0) is 6.42 Å². The minimum absolute atomic E-state index is 0.714. The number of hydrogen-bond acceptors (Lipinski definition) is 3. The number of ether oxygens (including phenoxy) is 3. The third-order valence-corrected chi connectivity index (χ3v) is 9.17. The maximum absolute atomic E-state index is 6.09. The van der Waals surface area contributed by atoms with Crippen LogP contribution >= 0.6 is 7.55 Å². The number of methoxy groups -OCH3 is 3. The molecule has 3 aromatic rings. The van der Waals surface area contributed by atoms with Gasteiger partial charge in [0.05, 0.1) is 21.3 Å². The Morgan fingerprint density at radius 2 is 1.53 bits per heavy atom. The van der Waals surface area contributed by atoms with E-state index < -0.39 is 7.55 Å². The van der Waals surface area contributed by atoms with Crippen molar-refractivity contribution < 1.29 is 14.2 Å². The highest BCUT2D eigenvalue weighted by molar-refractivity contribution is 7.70. The Labute approximate surface area is 190 Å². The molecule has 32 heavy (non-hydrogen) atoms. The van der Waals surface area contributed by atoms with Gasteiger partial charge >= 0.3 is 0 Å². The van der Waals surface area contributed by atoms with Gasteiger partial charge in [-0.15, -0.1) is 6.42 Å². The van der Waals surface area contributed by atoms with E-state index in [9.17, 15) is 0 Å². The molecule has 0 spiro atoms. The minimum Gasteiger partial charge on any atom is -0.496 e. The van der Waals surface area contributed by atoms with Gasteiger partial charge in [0, 0.05) is 16.4 Å². The van der Waals surface area contributed by atoms with Crippen LogP contribution in [0.2, 0.25) is 0 Å². The number of aryl methyl sites for hydroxylation is 1. The molecule has 0 bridgehead atoms. The topological polar surface area (TPSA) is 27.7 Å². The second kappa shape index (κ2) is 8.30. The van der Waals surface area contributed by atoms with Crippen molar-refractivity contribution >= 4 is 24.2 Å². The average molecular weight is 440 g/mol. The quantitative estimate of drug-likeness (QED) is 0.378. The first-order chi connectivity index (χ1) is 15.7. The van der Waals surface area contributed by atoms with E-state index in [2.05, 4.69) is 48.4 Å². The number of terminal acetylenes is 1. The SMILES string of the molecule is C#CC1=[PH]2CCc3cc(OC)c(-c4ccccc4)cc3C2=Cc2cc(OC)c(OC)cc21. The first-order valence-corrected chi connectivity index (χ1v) is 12.3. The van der Waals surface area contributed by atoms with E-state index in [0.717, 1.165) is 45.9 Å². The Balaban J connectivity index is 1.76. The van der Waals surface area contributed by atoms with Gasteiger partial charge in [0.1, 0.15) is 5.75 Å². The van der Waals surface area contributed by atoms with Crippen LogP contribution in [0.1, 0.15) is 22.3 Å². The second-order valence-corrected chi connectivity index (χ2v) is 10.4. The van der Waals surface area contributed by atoms with Gasteiger partial charge in [0.15, 0.2) is 11.5 Å². The highest BCUT2D eigenvalue weighted by atomic mass is 31.1. The van der Waals surface area contributed by atoms with Crippen molar-refractivity contribution in [2.75, 3.05) is 27.5 Å². The van der Waals surface area contributed by atoms with E-state index in [1.165, 1.54) is 16.4 Å². The van der Waals surface area contributed by atoms with Gasteiger partial charge in [0.2, 0.25) is 0 Å². The third kappa shape index (κ3) is 3.24. The van der Waals surface area contributed by atoms with Crippen molar-refractivity contribution in [3.05, 3.63) is 76.9 Å². The summed E-state index contributed by atoms with van der Waals surface area (Å²) in [5.41, 5.74) is 7.05. The molecule has 0 saturated carbocycles. The van der Waals surface area contributed by atoms with E-state index in [4.69, 9.17) is 20.6 Å². The van der Waals surface area contributed by atoms with Crippen molar-refractivity contribution in [2.24, 2.45) is 0 Å². The Morgan fingerprint density at radius 1 is 0.812 bits per heavy atom. The van der Waals surface area contributed by atoms with Crippen molar-refractivity contribution in [3.8, 4) is 40.7 Å². The normalized spacial score (nSPS) is 16.1. The first-order valence-electron chi connectivity index (χ1n) is 10.6. The molecule has 3 aromatic carbocycles. The maximum atomic E-state index is 6.09. The maximum Gasteiger partial charge on any atom is 0.161 e. The van der Waals surface area contributed by atoms with Crippen LogP contribution in [0.3, 0.4) is 0 Å². The summed E-state index contributed by atoms with van der Waals surface area (Å²) in [4.78, 5) is 0. The van der Waals surface area contributed by atoms with E-state index in [1.54, 1.807) is 21.3 Å². The molecule has 1 atom stereocenters. The molecule has 2 aliphatic rings. The van der Waals surface area contributed by atoms with Crippen molar-refractivity contribution in [2.45, 2.75) is 6.42 Å². The summed E-state index contributed by atoms with van der Waals surface area (Å²) in [6.07, 6.45) is 10.5. The molecule has 5 rings (SSSR count). The highest BCUT2D eigenvalue weighted by Crippen LogP contribution is 2.55. The molecular weight excluding hydrogens is 415 g/mol. The molecule has 0 aliphatic carbocycles. The molecule has 160 valence electrons. The van der Waals surface area contributed by atoms with Crippen LogP contribution < -0.4 is 14.2 Å². The van der Waals surface area contributed by atoms with Gasteiger partial charge in [-0.1, -0.05) is 43.8 Å². The Hall–Kier alpha value is -3.34. The molecule has 4 heteroatoms. The summed E-state index contributed by atoms with van der Waals surface area (Å²) in [6, 6.07) is 19.0. The summed E-state index contributed by atoms with van der Waals surface area (Å²) in [7, 11) is 4.01. The molecule has 0 fully saturated rings. The lowest BCUT2D eigenvalue weighted by Gasteiger charge is -2.30. The van der Waals surface area contributed by atoms with Gasteiger partial charge in [0.25, 0.3) is 0 Å². The van der Waals surface area contributed by atoms with E-state index in [0.29, 0.717) is 11.5 Å². The molecule has 0 amide bonds. The molecule has 1 unspecified atom stereocenters. The highest BCUT2D eigenvalue weighted by Gasteiger charge is 2.28. The van der Waals surface area contributed by atoms with Crippen LogP contribution in [0, 0.1) is 12.3 Å². The van der Waals surface area contributed by atoms with Crippen LogP contribution in [0.4, 0.5) is 0 Å². The fourth-order valence-electron chi connectivity index (χ4n) is 4.79. The van der Waals surface area contributed by atoms with Crippen molar-refractivity contribution in [1.29, 1.82) is 0 Å². The minimum atomic E-state index is -1.06. The number of hydrogen-bond donors (Lipinski definition) is 0. The fraction of sp³-hybridized carbons (Fsp3) is 0.179. The summed E-state index contributed by atoms with van der Waals surface area (Å²) in [5.74, 6) is 5.39. The lowest BCUT2D eigenvalue weighted by Crippen LogP contribution is -2.12. The lowest BCUT2D eigenvalue weighted by atomic mass is 9.94. The molecule has 0 N–H and O–H groups in total. The molecule has 3 nitrogen and oxygen atoms in total. The van der Waals surface area contributed by atoms with E-state index >= 15 is 0 Å². The van der Waals surface area contributed by atoms with Crippen LogP contribution in [-0.4, -0.2) is 32.8 Å². The van der Waals surface area contributed by atoms with Gasteiger partial charge in [-0.2, -0.15) is 0 Å². The molecule has 0 saturated heterocycles. The fourth-order valence-corrected chi connectivity index (χ4v) is 7.70. The molecule has 2 aliphatic heterocycles. The predicted molar refractivity (Wildman–Crippen MR) is 136 cm³/mol. The van der Waals surface area contributed by atoms with Gasteiger partial charge < -0.3 is 14.2 Å². The van der Waals surface area contributed by atoms with E-state index in [-0.39, 0.29) is 0 Å². The van der Waals surface area contributed by atoms with Crippen LogP contribution in [0.5, 0.6) is 17.2 Å². The van der Waals surface area contributed by atoms with Crippen molar-refractivity contribution in [3.63, 3.8) is 0 Å². The zero-order valence-electron chi connectivity index (χ0n) is 18.5. The zero-order chi connectivity index (χ0) is 22.2. The summed E-state index contributed by atoms with van der Waals surface area (Å²) < 4.78 is 16.9. The monoisotopic (exact) mass is 440 g/mol. The Kier molecular flexibility index (Phi) is 5.33. The van der Waals surface area contributed by atoms with E-state index in [1.807, 2.05) is 18.2 Å². The van der Waals surface area contributed by atoms with Crippen molar-refractivity contribution in [1.82, 2.24) is 0 Å². The Morgan fingerprint density at radius 3 is 2.22 bits per heavy atom. The van der Waals surface area contributed by atoms with Gasteiger partial charge in [-0.25, -0.2) is 0 Å². The molecule has 0 aromatic heterocycles. The lowest BCUT2D eigenvalue weighted by molar-refractivity contribution is 0.355. The second-order valence-electron chi connectivity index (χ2n) is 7.93. The Bertz CT molecular complexity index is 1330. The van der Waals surface area contributed by atoms with Gasteiger partial charge in [-0.3, -0.25) is 0 Å². The first kappa shape index (κ1) is 20.6. The smallest absolute Gasteiger partial charge is 0.161 e. The molecule has 0 radical (unpaired) electrons. The predicted octanol–water partition coefficient (Wildman–Crippen LogP) is 5.82. The molecule has 2 heterocycles. The summed E-state index contributed by atoms with van der Waals surface area (Å²) in [5, 5.41) is 2.48. The number of fused-ring (bicyclic) bond motifs is 4. The standard InChI is InChI=1S/C28H25O3P/c1-5-27-23-17-26(31-4)25(30-3)14-20(23)15-28-22-16-21(18-9-7-6-8-10-18)24(29-2)13-19(22)11-12-32(27)28/h1,6-10,13-17,32H,11-12H2,2-4H3.